The molecule has 1 heterocycles. The molecule has 1 aromatic carbocycles. The molecule has 1 saturated heterocycles. The Morgan fingerprint density at radius 1 is 0.960 bits per heavy atom. The molecule has 136 valence electrons. The molecule has 0 aromatic heterocycles. The van der Waals surface area contributed by atoms with Crippen molar-refractivity contribution in [3.8, 4) is 11.5 Å². The van der Waals surface area contributed by atoms with Crippen molar-refractivity contribution < 1.29 is 14.3 Å². The van der Waals surface area contributed by atoms with Gasteiger partial charge in [0.25, 0.3) is 5.91 Å². The molecule has 25 heavy (non-hydrogen) atoms. The van der Waals surface area contributed by atoms with Crippen molar-refractivity contribution in [1.29, 1.82) is 0 Å². The molecule has 3 aliphatic rings. The average molecular weight is 344 g/mol. The Labute approximate surface area is 149 Å². The maximum atomic E-state index is 12.9. The summed E-state index contributed by atoms with van der Waals surface area (Å²) in [7, 11) is 3.22. The van der Waals surface area contributed by atoms with Crippen LogP contribution in [0.4, 0.5) is 0 Å². The van der Waals surface area contributed by atoms with Crippen LogP contribution < -0.4 is 9.47 Å². The number of hydrogen-bond donors (Lipinski definition) is 0. The number of carbonyl (C=O) groups is 1. The summed E-state index contributed by atoms with van der Waals surface area (Å²) in [4.78, 5) is 17.5. The van der Waals surface area contributed by atoms with Crippen LogP contribution in [-0.2, 0) is 0 Å². The summed E-state index contributed by atoms with van der Waals surface area (Å²) in [5, 5.41) is 0. The minimum absolute atomic E-state index is 0.0739. The number of carbonyl (C=O) groups excluding carboxylic acids is 1. The van der Waals surface area contributed by atoms with Crippen LogP contribution in [0.3, 0.4) is 0 Å². The molecule has 3 fully saturated rings. The number of rotatable bonds is 4. The second-order valence-corrected chi connectivity index (χ2v) is 7.67. The highest BCUT2D eigenvalue weighted by Crippen LogP contribution is 2.46. The normalized spacial score (nSPS) is 29.0. The summed E-state index contributed by atoms with van der Waals surface area (Å²) in [6.07, 6.45) is 5.68. The van der Waals surface area contributed by atoms with Crippen molar-refractivity contribution in [3.63, 3.8) is 0 Å². The first kappa shape index (κ1) is 16.7. The van der Waals surface area contributed by atoms with Crippen LogP contribution in [0.1, 0.15) is 36.0 Å². The van der Waals surface area contributed by atoms with Crippen LogP contribution in [0.15, 0.2) is 18.2 Å². The van der Waals surface area contributed by atoms with Gasteiger partial charge in [-0.2, -0.15) is 0 Å². The van der Waals surface area contributed by atoms with Gasteiger partial charge in [-0.25, -0.2) is 0 Å². The average Bonchev–Trinajstić information content (AvgIpc) is 3.30. The second-order valence-electron chi connectivity index (χ2n) is 7.67. The number of benzene rings is 1. The van der Waals surface area contributed by atoms with E-state index >= 15 is 0 Å². The Bertz CT molecular complexity index is 618. The van der Waals surface area contributed by atoms with E-state index in [2.05, 4.69) is 4.90 Å². The summed E-state index contributed by atoms with van der Waals surface area (Å²) in [6, 6.07) is 6.16. The maximum absolute atomic E-state index is 12.9. The van der Waals surface area contributed by atoms with Crippen LogP contribution in [0, 0.1) is 11.8 Å². The lowest BCUT2D eigenvalue weighted by molar-refractivity contribution is 0.0495. The molecule has 3 atom stereocenters. The van der Waals surface area contributed by atoms with Gasteiger partial charge in [0.1, 0.15) is 11.5 Å². The van der Waals surface area contributed by atoms with Crippen molar-refractivity contribution in [2.75, 3.05) is 40.4 Å². The first-order valence-corrected chi connectivity index (χ1v) is 9.44. The fraction of sp³-hybridized carbons (Fsp3) is 0.650. The smallest absolute Gasteiger partial charge is 0.254 e. The monoisotopic (exact) mass is 344 g/mol. The predicted molar refractivity (Wildman–Crippen MR) is 96.3 cm³/mol. The fourth-order valence-electron chi connectivity index (χ4n) is 5.03. The fourth-order valence-corrected chi connectivity index (χ4v) is 5.03. The van der Waals surface area contributed by atoms with E-state index < -0.39 is 0 Å². The minimum atomic E-state index is 0.0739. The minimum Gasteiger partial charge on any atom is -0.497 e. The van der Waals surface area contributed by atoms with E-state index in [1.54, 1.807) is 32.4 Å². The standard InChI is InChI=1S/C20H28N2O3/c1-24-17-11-16(12-18(13-17)25-2)20(23)22-7-5-21(6-8-22)19-10-14-3-4-15(19)9-14/h11-15,19H,3-10H2,1-2H3/t14-,15-,19+/m0/s1. The Balaban J connectivity index is 1.39. The van der Waals surface area contributed by atoms with Gasteiger partial charge in [-0.3, -0.25) is 9.69 Å². The van der Waals surface area contributed by atoms with E-state index in [1.165, 1.54) is 25.7 Å². The van der Waals surface area contributed by atoms with Gasteiger partial charge in [-0.05, 0) is 43.2 Å². The number of ether oxygens (including phenoxy) is 2. The molecule has 0 N–H and O–H groups in total. The van der Waals surface area contributed by atoms with Gasteiger partial charge < -0.3 is 14.4 Å². The Morgan fingerprint density at radius 2 is 1.64 bits per heavy atom. The Hall–Kier alpha value is -1.75. The van der Waals surface area contributed by atoms with E-state index in [9.17, 15) is 4.79 Å². The molecule has 1 aromatic rings. The van der Waals surface area contributed by atoms with Gasteiger partial charge in [0.05, 0.1) is 14.2 Å². The van der Waals surface area contributed by atoms with Crippen molar-refractivity contribution in [1.82, 2.24) is 9.80 Å². The molecule has 0 unspecified atom stereocenters. The summed E-state index contributed by atoms with van der Waals surface area (Å²) in [5.41, 5.74) is 0.643. The summed E-state index contributed by atoms with van der Waals surface area (Å²) in [6.45, 7) is 3.62. The number of nitrogens with zero attached hydrogens (tertiary/aromatic N) is 2. The maximum Gasteiger partial charge on any atom is 0.254 e. The zero-order valence-electron chi connectivity index (χ0n) is 15.2. The topological polar surface area (TPSA) is 42.0 Å². The van der Waals surface area contributed by atoms with Gasteiger partial charge in [-0.1, -0.05) is 6.42 Å². The molecule has 2 aliphatic carbocycles. The number of methoxy groups -OCH3 is 2. The van der Waals surface area contributed by atoms with E-state index in [0.29, 0.717) is 17.1 Å². The Kier molecular flexibility index (Phi) is 4.59. The highest BCUT2D eigenvalue weighted by Gasteiger charge is 2.42. The molecule has 0 spiro atoms. The van der Waals surface area contributed by atoms with Crippen LogP contribution in [0.5, 0.6) is 11.5 Å². The molecule has 5 heteroatoms. The molecule has 4 rings (SSSR count). The summed E-state index contributed by atoms with van der Waals surface area (Å²) >= 11 is 0. The quantitative estimate of drug-likeness (QED) is 0.842. The van der Waals surface area contributed by atoms with E-state index in [1.807, 2.05) is 4.90 Å². The van der Waals surface area contributed by atoms with Crippen LogP contribution in [-0.4, -0.2) is 62.1 Å². The van der Waals surface area contributed by atoms with Gasteiger partial charge in [0, 0.05) is 43.9 Å². The summed E-state index contributed by atoms with van der Waals surface area (Å²) < 4.78 is 10.6. The van der Waals surface area contributed by atoms with Crippen molar-refractivity contribution >= 4 is 5.91 Å². The highest BCUT2D eigenvalue weighted by molar-refractivity contribution is 5.95. The highest BCUT2D eigenvalue weighted by atomic mass is 16.5. The first-order chi connectivity index (χ1) is 12.2. The molecular formula is C20H28N2O3. The molecule has 2 bridgehead atoms. The number of fused-ring (bicyclic) bond motifs is 2. The third kappa shape index (κ3) is 3.22. The zero-order chi connectivity index (χ0) is 17.4. The second kappa shape index (κ2) is 6.87. The van der Waals surface area contributed by atoms with Gasteiger partial charge in [-0.15, -0.1) is 0 Å². The number of piperazine rings is 1. The van der Waals surface area contributed by atoms with Crippen molar-refractivity contribution in [2.45, 2.75) is 31.7 Å². The third-order valence-corrected chi connectivity index (χ3v) is 6.37. The van der Waals surface area contributed by atoms with Crippen LogP contribution >= 0.6 is 0 Å². The van der Waals surface area contributed by atoms with E-state index in [4.69, 9.17) is 9.47 Å². The first-order valence-electron chi connectivity index (χ1n) is 9.44. The lowest BCUT2D eigenvalue weighted by Crippen LogP contribution is -2.53. The lowest BCUT2D eigenvalue weighted by Gasteiger charge is -2.41. The SMILES string of the molecule is COc1cc(OC)cc(C(=O)N2CCN([C@@H]3C[C@H]4CC[C@H]3C4)CC2)c1. The number of amides is 1. The van der Waals surface area contributed by atoms with Gasteiger partial charge in [0.2, 0.25) is 0 Å². The van der Waals surface area contributed by atoms with Crippen LogP contribution in [0.25, 0.3) is 0 Å². The predicted octanol–water partition coefficient (Wildman–Crippen LogP) is 2.65. The third-order valence-electron chi connectivity index (χ3n) is 6.37. The van der Waals surface area contributed by atoms with Gasteiger partial charge in [0.15, 0.2) is 0 Å². The zero-order valence-corrected chi connectivity index (χ0v) is 15.2. The molecule has 2 saturated carbocycles. The molecule has 5 nitrogen and oxygen atoms in total. The number of hydrogen-bond acceptors (Lipinski definition) is 4. The largest absolute Gasteiger partial charge is 0.497 e. The van der Waals surface area contributed by atoms with E-state index in [0.717, 1.165) is 44.1 Å². The molecule has 0 radical (unpaired) electrons. The lowest BCUT2D eigenvalue weighted by atomic mass is 9.93. The Morgan fingerprint density at radius 3 is 2.16 bits per heavy atom. The van der Waals surface area contributed by atoms with Gasteiger partial charge >= 0.3 is 0 Å². The molecular weight excluding hydrogens is 316 g/mol. The van der Waals surface area contributed by atoms with Crippen molar-refractivity contribution in [2.24, 2.45) is 11.8 Å². The summed E-state index contributed by atoms with van der Waals surface area (Å²) in [5.74, 6) is 3.27. The van der Waals surface area contributed by atoms with E-state index in [-0.39, 0.29) is 5.91 Å². The van der Waals surface area contributed by atoms with Crippen molar-refractivity contribution in [3.05, 3.63) is 23.8 Å². The molecule has 1 aliphatic heterocycles. The van der Waals surface area contributed by atoms with Crippen LogP contribution in [0.2, 0.25) is 0 Å². The molecule has 1 amide bonds.